The van der Waals surface area contributed by atoms with E-state index in [-0.39, 0.29) is 23.6 Å². The number of hydrogen-bond acceptors (Lipinski definition) is 6. The minimum atomic E-state index is -4.61. The maximum atomic E-state index is 13.8. The number of hydrogen-bond donors (Lipinski definition) is 6. The van der Waals surface area contributed by atoms with Gasteiger partial charge in [-0.15, -0.1) is 0 Å². The van der Waals surface area contributed by atoms with Gasteiger partial charge in [0.1, 0.15) is 0 Å². The molecule has 0 atom stereocenters. The van der Waals surface area contributed by atoms with Gasteiger partial charge in [0.25, 0.3) is 11.8 Å². The van der Waals surface area contributed by atoms with E-state index in [9.17, 15) is 22.8 Å². The molecule has 2 amide bonds. The first-order valence-corrected chi connectivity index (χ1v) is 14.1. The largest absolute Gasteiger partial charge is 0.416 e. The number of nitrogens with one attached hydrogen (secondary N) is 6. The molecule has 1 aliphatic heterocycles. The van der Waals surface area contributed by atoms with E-state index in [0.717, 1.165) is 23.9 Å². The second-order valence-corrected chi connectivity index (χ2v) is 10.3. The Hall–Kier alpha value is -4.94. The van der Waals surface area contributed by atoms with Crippen LogP contribution in [0.15, 0.2) is 66.7 Å². The number of aromatic amines is 1. The molecule has 0 bridgehead atoms. The number of amides is 2. The first kappa shape index (κ1) is 30.5. The van der Waals surface area contributed by atoms with Crippen LogP contribution in [0.25, 0.3) is 11.6 Å². The van der Waals surface area contributed by atoms with E-state index in [1.165, 1.54) is 12.1 Å². The molecule has 44 heavy (non-hydrogen) atoms. The van der Waals surface area contributed by atoms with Crippen LogP contribution in [0, 0.1) is 6.92 Å². The maximum absolute atomic E-state index is 13.8. The number of benzene rings is 3. The highest BCUT2D eigenvalue weighted by molar-refractivity contribution is 6.35. The summed E-state index contributed by atoms with van der Waals surface area (Å²) in [6, 6.07) is 17.7. The highest BCUT2D eigenvalue weighted by atomic mass is 19.4. The van der Waals surface area contributed by atoms with Crippen molar-refractivity contribution in [3.8, 4) is 0 Å². The lowest BCUT2D eigenvalue weighted by atomic mass is 10.0. The standard InChI is InChI=1S/C32H32F3N7O2/c1-3-36-11-12-37-18-21-8-7-20(14-28(21)32(33,34)35)30(43)39-23-6-4-5-22(15-23)38-24-9-10-26-27(31(44)40-29(26)17-24)16-25-13-19(2)41-42-25/h4-10,13-17,36-38H,3,11-12,18H2,1-2H3,(H,39,43)(H,40,44)(H,41,42)/b27-16-. The first-order valence-electron chi connectivity index (χ1n) is 14.1. The Morgan fingerprint density at radius 1 is 0.955 bits per heavy atom. The Morgan fingerprint density at radius 3 is 2.48 bits per heavy atom. The maximum Gasteiger partial charge on any atom is 0.416 e. The third-order valence-corrected chi connectivity index (χ3v) is 6.95. The molecule has 0 radical (unpaired) electrons. The van der Waals surface area contributed by atoms with E-state index in [1.807, 2.05) is 32.0 Å². The van der Waals surface area contributed by atoms with Crippen molar-refractivity contribution in [3.63, 3.8) is 0 Å². The number of carbonyl (C=O) groups excluding carboxylic acids is 2. The zero-order valence-electron chi connectivity index (χ0n) is 24.2. The fourth-order valence-corrected chi connectivity index (χ4v) is 4.83. The summed E-state index contributed by atoms with van der Waals surface area (Å²) in [6.45, 7) is 5.79. The van der Waals surface area contributed by atoms with Crippen LogP contribution < -0.4 is 26.6 Å². The molecule has 0 spiro atoms. The fourth-order valence-electron chi connectivity index (χ4n) is 4.83. The summed E-state index contributed by atoms with van der Waals surface area (Å²) >= 11 is 0. The number of carbonyl (C=O) groups is 2. The van der Waals surface area contributed by atoms with E-state index in [1.54, 1.807) is 36.4 Å². The zero-order valence-corrected chi connectivity index (χ0v) is 24.2. The molecule has 228 valence electrons. The number of H-pyrrole nitrogens is 1. The van der Waals surface area contributed by atoms with Crippen molar-refractivity contribution >= 4 is 46.2 Å². The molecule has 4 aromatic rings. The van der Waals surface area contributed by atoms with Crippen LogP contribution in [-0.2, 0) is 17.5 Å². The number of anilines is 4. The van der Waals surface area contributed by atoms with Crippen molar-refractivity contribution in [3.05, 3.63) is 100 Å². The Labute approximate surface area is 252 Å². The van der Waals surface area contributed by atoms with Crippen molar-refractivity contribution < 1.29 is 22.8 Å². The lowest BCUT2D eigenvalue weighted by Crippen LogP contribution is -2.27. The minimum Gasteiger partial charge on any atom is -0.355 e. The number of fused-ring (bicyclic) bond motifs is 1. The van der Waals surface area contributed by atoms with E-state index in [2.05, 4.69) is 36.8 Å². The van der Waals surface area contributed by atoms with E-state index in [4.69, 9.17) is 0 Å². The van der Waals surface area contributed by atoms with Gasteiger partial charge in [-0.25, -0.2) is 0 Å². The Balaban J connectivity index is 1.27. The first-order chi connectivity index (χ1) is 21.1. The van der Waals surface area contributed by atoms with Crippen molar-refractivity contribution in [1.29, 1.82) is 0 Å². The number of aromatic nitrogens is 2. The highest BCUT2D eigenvalue weighted by Crippen LogP contribution is 2.36. The van der Waals surface area contributed by atoms with Gasteiger partial charge >= 0.3 is 6.18 Å². The topological polar surface area (TPSA) is 123 Å². The van der Waals surface area contributed by atoms with Gasteiger partial charge in [0, 0.05) is 53.5 Å². The Morgan fingerprint density at radius 2 is 1.73 bits per heavy atom. The quantitative estimate of drug-likeness (QED) is 0.0934. The molecule has 5 rings (SSSR count). The molecule has 12 heteroatoms. The number of nitrogens with zero attached hydrogens (tertiary/aromatic N) is 1. The molecule has 0 saturated heterocycles. The van der Waals surface area contributed by atoms with Gasteiger partial charge in [-0.1, -0.05) is 25.1 Å². The SMILES string of the molecule is CCNCCNCc1ccc(C(=O)Nc2cccc(Nc3ccc4c(c3)NC(=O)/C4=C\c3cc(C)[nH]n3)c2)cc1C(F)(F)F. The van der Waals surface area contributed by atoms with Crippen molar-refractivity contribution in [1.82, 2.24) is 20.8 Å². The molecule has 0 fully saturated rings. The lowest BCUT2D eigenvalue weighted by Gasteiger charge is -2.16. The monoisotopic (exact) mass is 603 g/mol. The number of aryl methyl sites for hydroxylation is 1. The predicted molar refractivity (Wildman–Crippen MR) is 166 cm³/mol. The van der Waals surface area contributed by atoms with Gasteiger partial charge in [0.05, 0.1) is 22.5 Å². The third kappa shape index (κ3) is 7.33. The Bertz CT molecular complexity index is 1710. The average Bonchev–Trinajstić information content (AvgIpc) is 3.53. The van der Waals surface area contributed by atoms with Crippen LogP contribution in [-0.4, -0.2) is 41.6 Å². The second kappa shape index (κ2) is 13.1. The van der Waals surface area contributed by atoms with Gasteiger partial charge in [0.15, 0.2) is 0 Å². The molecule has 3 aromatic carbocycles. The van der Waals surface area contributed by atoms with Crippen molar-refractivity contribution in [2.24, 2.45) is 0 Å². The molecule has 0 unspecified atom stereocenters. The van der Waals surface area contributed by atoms with Crippen LogP contribution in [0.5, 0.6) is 0 Å². The zero-order chi connectivity index (χ0) is 31.3. The summed E-state index contributed by atoms with van der Waals surface area (Å²) in [7, 11) is 0. The van der Waals surface area contributed by atoms with Crippen LogP contribution in [0.3, 0.4) is 0 Å². The lowest BCUT2D eigenvalue weighted by molar-refractivity contribution is -0.138. The number of alkyl halides is 3. The van der Waals surface area contributed by atoms with E-state index >= 15 is 0 Å². The molecule has 0 aliphatic carbocycles. The molecule has 2 heterocycles. The molecular formula is C32H32F3N7O2. The summed E-state index contributed by atoms with van der Waals surface area (Å²) in [4.78, 5) is 25.6. The molecule has 1 aromatic heterocycles. The van der Waals surface area contributed by atoms with Gasteiger partial charge in [-0.3, -0.25) is 14.7 Å². The van der Waals surface area contributed by atoms with Crippen LogP contribution in [0.1, 0.15) is 45.4 Å². The predicted octanol–water partition coefficient (Wildman–Crippen LogP) is 5.92. The summed E-state index contributed by atoms with van der Waals surface area (Å²) in [5.41, 5.74) is 4.27. The minimum absolute atomic E-state index is 0.0314. The average molecular weight is 604 g/mol. The van der Waals surface area contributed by atoms with E-state index in [0.29, 0.717) is 47.1 Å². The van der Waals surface area contributed by atoms with Crippen LogP contribution in [0.4, 0.5) is 35.9 Å². The highest BCUT2D eigenvalue weighted by Gasteiger charge is 2.34. The summed E-state index contributed by atoms with van der Waals surface area (Å²) in [5, 5.41) is 21.9. The van der Waals surface area contributed by atoms with Gasteiger partial charge < -0.3 is 26.6 Å². The number of likely N-dealkylation sites (N-methyl/N-ethyl adjacent to an activating group) is 1. The second-order valence-electron chi connectivity index (χ2n) is 10.3. The molecule has 0 saturated carbocycles. The van der Waals surface area contributed by atoms with Crippen molar-refractivity contribution in [2.45, 2.75) is 26.6 Å². The normalized spacial score (nSPS) is 13.6. The summed E-state index contributed by atoms with van der Waals surface area (Å²) < 4.78 is 41.5. The third-order valence-electron chi connectivity index (χ3n) is 6.95. The van der Waals surface area contributed by atoms with Crippen LogP contribution in [0.2, 0.25) is 0 Å². The van der Waals surface area contributed by atoms with Gasteiger partial charge in [-0.2, -0.15) is 18.3 Å². The molecule has 1 aliphatic rings. The van der Waals surface area contributed by atoms with Gasteiger partial charge in [-0.05, 0) is 73.6 Å². The smallest absolute Gasteiger partial charge is 0.355 e. The summed E-state index contributed by atoms with van der Waals surface area (Å²) in [6.07, 6.45) is -2.89. The van der Waals surface area contributed by atoms with Crippen molar-refractivity contribution in [2.75, 3.05) is 35.6 Å². The molecular weight excluding hydrogens is 571 g/mol. The Kier molecular flexibility index (Phi) is 9.12. The molecule has 6 N–H and O–H groups in total. The van der Waals surface area contributed by atoms with Gasteiger partial charge in [0.2, 0.25) is 0 Å². The van der Waals surface area contributed by atoms with E-state index < -0.39 is 17.6 Å². The summed E-state index contributed by atoms with van der Waals surface area (Å²) in [5.74, 6) is -0.893. The number of halogens is 3. The molecule has 9 nitrogen and oxygen atoms in total. The fraction of sp³-hybridized carbons (Fsp3) is 0.219. The number of rotatable bonds is 11. The van der Waals surface area contributed by atoms with Crippen LogP contribution >= 0.6 is 0 Å².